The van der Waals surface area contributed by atoms with E-state index < -0.39 is 12.1 Å². The molecule has 0 aliphatic heterocycles. The van der Waals surface area contributed by atoms with Gasteiger partial charge in [0.25, 0.3) is 0 Å². The first-order valence-electron chi connectivity index (χ1n) is 5.56. The summed E-state index contributed by atoms with van der Waals surface area (Å²) in [5.74, 6) is -0.163. The molecule has 0 fully saturated rings. The predicted octanol–water partition coefficient (Wildman–Crippen LogP) is 4.36. The van der Waals surface area contributed by atoms with Crippen LogP contribution in [0.5, 0.6) is 5.75 Å². The van der Waals surface area contributed by atoms with Crippen LogP contribution in [-0.2, 0) is 0 Å². The van der Waals surface area contributed by atoms with Crippen molar-refractivity contribution in [3.05, 3.63) is 46.6 Å². The summed E-state index contributed by atoms with van der Waals surface area (Å²) in [7, 11) is 0. The van der Waals surface area contributed by atoms with E-state index in [9.17, 15) is 13.2 Å². The van der Waals surface area contributed by atoms with Gasteiger partial charge in [0.1, 0.15) is 5.82 Å². The van der Waals surface area contributed by atoms with Crippen LogP contribution in [0.4, 0.5) is 24.7 Å². The Balaban J connectivity index is 2.33. The quantitative estimate of drug-likeness (QED) is 0.886. The fourth-order valence-electron chi connectivity index (χ4n) is 1.51. The number of nitriles is 1. The molecule has 0 aliphatic rings. The number of rotatable bonds is 3. The van der Waals surface area contributed by atoms with Gasteiger partial charge in [-0.1, -0.05) is 15.9 Å². The van der Waals surface area contributed by atoms with E-state index in [0.717, 1.165) is 0 Å². The van der Waals surface area contributed by atoms with Gasteiger partial charge in [-0.15, -0.1) is 13.2 Å². The van der Waals surface area contributed by atoms with Crippen molar-refractivity contribution in [3.63, 3.8) is 0 Å². The highest BCUT2D eigenvalue weighted by Gasteiger charge is 2.32. The van der Waals surface area contributed by atoms with E-state index in [4.69, 9.17) is 5.26 Å². The first-order chi connectivity index (χ1) is 9.87. The minimum absolute atomic E-state index is 0.0816. The number of pyridine rings is 1. The van der Waals surface area contributed by atoms with E-state index >= 15 is 0 Å². The number of anilines is 2. The number of hydrogen-bond acceptors (Lipinski definition) is 4. The highest BCUT2D eigenvalue weighted by atomic mass is 79.9. The molecule has 1 aromatic carbocycles. The van der Waals surface area contributed by atoms with Crippen molar-refractivity contribution in [2.45, 2.75) is 6.36 Å². The fourth-order valence-corrected chi connectivity index (χ4v) is 1.86. The van der Waals surface area contributed by atoms with Crippen molar-refractivity contribution in [1.29, 1.82) is 5.26 Å². The van der Waals surface area contributed by atoms with Crippen molar-refractivity contribution in [2.24, 2.45) is 0 Å². The maximum atomic E-state index is 12.4. The standard InChI is InChI=1S/C13H7BrF3N3O/c14-9-1-2-10(11(6-9)21-13(15,16)17)20-12-5-8(7-18)3-4-19-12/h1-6H,(H,19,20). The molecule has 0 bridgehead atoms. The zero-order valence-corrected chi connectivity index (χ0v) is 11.9. The van der Waals surface area contributed by atoms with E-state index in [1.165, 1.54) is 30.5 Å². The van der Waals surface area contributed by atoms with Crippen molar-refractivity contribution >= 4 is 27.4 Å². The van der Waals surface area contributed by atoms with Crippen LogP contribution in [0, 0.1) is 11.3 Å². The number of hydrogen-bond donors (Lipinski definition) is 1. The Morgan fingerprint density at radius 1 is 1.24 bits per heavy atom. The number of aromatic nitrogens is 1. The molecule has 1 aromatic heterocycles. The van der Waals surface area contributed by atoms with Crippen LogP contribution in [0.1, 0.15) is 5.56 Å². The van der Waals surface area contributed by atoms with Crippen molar-refractivity contribution in [3.8, 4) is 11.8 Å². The third kappa shape index (κ3) is 4.36. The average Bonchev–Trinajstić information content (AvgIpc) is 2.40. The summed E-state index contributed by atoms with van der Waals surface area (Å²) in [6.07, 6.45) is -3.43. The molecule has 2 aromatic rings. The normalized spacial score (nSPS) is 10.8. The molecular weight excluding hydrogens is 351 g/mol. The summed E-state index contributed by atoms with van der Waals surface area (Å²) >= 11 is 3.08. The molecule has 0 amide bonds. The van der Waals surface area contributed by atoms with Gasteiger partial charge in [-0.25, -0.2) is 4.98 Å². The van der Waals surface area contributed by atoms with Crippen LogP contribution < -0.4 is 10.1 Å². The Hall–Kier alpha value is -2.27. The molecule has 0 saturated carbocycles. The number of nitrogens with one attached hydrogen (secondary N) is 1. The Kier molecular flexibility index (Phi) is 4.33. The highest BCUT2D eigenvalue weighted by molar-refractivity contribution is 9.10. The van der Waals surface area contributed by atoms with Gasteiger partial charge in [0.2, 0.25) is 0 Å². The molecule has 0 radical (unpaired) electrons. The van der Waals surface area contributed by atoms with Crippen molar-refractivity contribution in [1.82, 2.24) is 4.98 Å². The van der Waals surface area contributed by atoms with Crippen LogP contribution in [0.25, 0.3) is 0 Å². The lowest BCUT2D eigenvalue weighted by molar-refractivity contribution is -0.274. The first kappa shape index (κ1) is 15.1. The summed E-state index contributed by atoms with van der Waals surface area (Å²) < 4.78 is 41.6. The van der Waals surface area contributed by atoms with Gasteiger partial charge < -0.3 is 10.1 Å². The monoisotopic (exact) mass is 357 g/mol. The zero-order chi connectivity index (χ0) is 15.5. The molecule has 0 unspecified atom stereocenters. The second-order valence-electron chi connectivity index (χ2n) is 3.85. The zero-order valence-electron chi connectivity index (χ0n) is 10.3. The molecule has 1 N–H and O–H groups in total. The van der Waals surface area contributed by atoms with Crippen LogP contribution >= 0.6 is 15.9 Å². The second-order valence-corrected chi connectivity index (χ2v) is 4.77. The van der Waals surface area contributed by atoms with Crippen molar-refractivity contribution in [2.75, 3.05) is 5.32 Å². The van der Waals surface area contributed by atoms with Gasteiger partial charge in [0.05, 0.1) is 17.3 Å². The molecule has 0 atom stereocenters. The number of halogens is 4. The average molecular weight is 358 g/mol. The number of alkyl halides is 3. The third-order valence-electron chi connectivity index (χ3n) is 2.32. The molecule has 2 rings (SSSR count). The number of ether oxygens (including phenoxy) is 1. The lowest BCUT2D eigenvalue weighted by atomic mass is 10.2. The molecule has 4 nitrogen and oxygen atoms in total. The summed E-state index contributed by atoms with van der Waals surface area (Å²) in [6.45, 7) is 0. The lowest BCUT2D eigenvalue weighted by Crippen LogP contribution is -2.18. The Bertz CT molecular complexity index is 698. The minimum atomic E-state index is -4.81. The van der Waals surface area contributed by atoms with Gasteiger partial charge in [0, 0.05) is 10.7 Å². The molecule has 21 heavy (non-hydrogen) atoms. The minimum Gasteiger partial charge on any atom is -0.404 e. The van der Waals surface area contributed by atoms with E-state index in [-0.39, 0.29) is 11.5 Å². The van der Waals surface area contributed by atoms with E-state index in [1.54, 1.807) is 6.07 Å². The highest BCUT2D eigenvalue weighted by Crippen LogP contribution is 2.34. The van der Waals surface area contributed by atoms with Crippen LogP contribution in [-0.4, -0.2) is 11.3 Å². The smallest absolute Gasteiger partial charge is 0.404 e. The molecule has 0 saturated heterocycles. The van der Waals surface area contributed by atoms with Gasteiger partial charge in [-0.05, 0) is 30.3 Å². The van der Waals surface area contributed by atoms with Gasteiger partial charge >= 0.3 is 6.36 Å². The molecule has 0 spiro atoms. The summed E-state index contributed by atoms with van der Waals surface area (Å²) in [5, 5.41) is 11.5. The summed E-state index contributed by atoms with van der Waals surface area (Å²) in [6, 6.07) is 8.97. The van der Waals surface area contributed by atoms with Gasteiger partial charge in [0.15, 0.2) is 5.75 Å². The van der Waals surface area contributed by atoms with Crippen LogP contribution in [0.15, 0.2) is 41.0 Å². The Labute approximate surface area is 126 Å². The largest absolute Gasteiger partial charge is 0.573 e. The fraction of sp³-hybridized carbons (Fsp3) is 0.0769. The van der Waals surface area contributed by atoms with Crippen LogP contribution in [0.3, 0.4) is 0 Å². The first-order valence-corrected chi connectivity index (χ1v) is 6.35. The second kappa shape index (κ2) is 6.01. The molecular formula is C13H7BrF3N3O. The maximum absolute atomic E-state index is 12.4. The van der Waals surface area contributed by atoms with Gasteiger partial charge in [-0.3, -0.25) is 0 Å². The Morgan fingerprint density at radius 2 is 2.00 bits per heavy atom. The molecule has 1 heterocycles. The Morgan fingerprint density at radius 3 is 2.67 bits per heavy atom. The van der Waals surface area contributed by atoms with E-state index in [2.05, 4.69) is 31.0 Å². The van der Waals surface area contributed by atoms with Crippen molar-refractivity contribution < 1.29 is 17.9 Å². The van der Waals surface area contributed by atoms with E-state index in [1.807, 2.05) is 6.07 Å². The summed E-state index contributed by atoms with van der Waals surface area (Å²) in [5.41, 5.74) is 0.418. The molecule has 0 aliphatic carbocycles. The summed E-state index contributed by atoms with van der Waals surface area (Å²) in [4.78, 5) is 3.93. The number of nitrogens with zero attached hydrogens (tertiary/aromatic N) is 2. The lowest BCUT2D eigenvalue weighted by Gasteiger charge is -2.14. The topological polar surface area (TPSA) is 57.9 Å². The SMILES string of the molecule is N#Cc1ccnc(Nc2ccc(Br)cc2OC(F)(F)F)c1. The third-order valence-corrected chi connectivity index (χ3v) is 2.81. The number of benzene rings is 1. The predicted molar refractivity (Wildman–Crippen MR) is 73.1 cm³/mol. The van der Waals surface area contributed by atoms with Gasteiger partial charge in [-0.2, -0.15) is 5.26 Å². The van der Waals surface area contributed by atoms with E-state index in [0.29, 0.717) is 10.0 Å². The maximum Gasteiger partial charge on any atom is 0.573 e. The molecule has 108 valence electrons. The molecule has 8 heteroatoms. The van der Waals surface area contributed by atoms with Crippen LogP contribution in [0.2, 0.25) is 0 Å².